The van der Waals surface area contributed by atoms with Crippen LogP contribution in [0, 0.1) is 5.92 Å². The van der Waals surface area contributed by atoms with Crippen molar-refractivity contribution in [3.05, 3.63) is 11.1 Å². The maximum Gasteiger partial charge on any atom is 0.315 e. The van der Waals surface area contributed by atoms with Crippen LogP contribution >= 0.6 is 15.9 Å². The maximum atomic E-state index is 11.4. The Hall–Kier alpha value is -1.04. The maximum absolute atomic E-state index is 11.4. The first-order chi connectivity index (χ1) is 7.50. The summed E-state index contributed by atoms with van der Waals surface area (Å²) in [6.45, 7) is 3.91. The molecule has 0 heterocycles. The molecule has 5 nitrogen and oxygen atoms in total. The lowest BCUT2D eigenvalue weighted by Gasteiger charge is -2.17. The number of carbonyl (C=O) groups excluding carboxylic acids is 1. The quantitative estimate of drug-likeness (QED) is 0.733. The average Bonchev–Trinajstić information content (AvgIpc) is 2.62. The highest BCUT2D eigenvalue weighted by Crippen LogP contribution is 2.25. The molecule has 1 aliphatic rings. The molecule has 3 N–H and O–H groups in total. The number of carbonyl (C=O) groups is 2. The summed E-state index contributed by atoms with van der Waals surface area (Å²) < 4.78 is 0.670. The van der Waals surface area contributed by atoms with Crippen molar-refractivity contribution in [2.45, 2.75) is 25.3 Å². The molecule has 2 unspecified atom stereocenters. The third-order valence-corrected chi connectivity index (χ3v) is 2.87. The third kappa shape index (κ3) is 3.84. The number of carboxylic acid groups (broad SMARTS) is 1. The van der Waals surface area contributed by atoms with Crippen molar-refractivity contribution in [3.8, 4) is 0 Å². The number of aliphatic carboxylic acids is 1. The van der Waals surface area contributed by atoms with E-state index in [4.69, 9.17) is 5.11 Å². The number of halogens is 1. The van der Waals surface area contributed by atoms with Gasteiger partial charge < -0.3 is 15.7 Å². The van der Waals surface area contributed by atoms with E-state index in [0.717, 1.165) is 12.8 Å². The molecular weight excluding hydrogens is 276 g/mol. The number of urea groups is 1. The average molecular weight is 291 g/mol. The Bertz CT molecular complexity index is 306. The van der Waals surface area contributed by atoms with Crippen molar-refractivity contribution in [3.63, 3.8) is 0 Å². The number of rotatable bonds is 4. The monoisotopic (exact) mass is 290 g/mol. The Labute approximate surface area is 102 Å². The molecule has 0 aliphatic heterocycles. The van der Waals surface area contributed by atoms with E-state index in [9.17, 15) is 9.59 Å². The lowest BCUT2D eigenvalue weighted by atomic mass is 10.0. The van der Waals surface area contributed by atoms with Crippen LogP contribution in [0.2, 0.25) is 0 Å². The van der Waals surface area contributed by atoms with Crippen LogP contribution in [0.4, 0.5) is 4.79 Å². The molecule has 90 valence electrons. The van der Waals surface area contributed by atoms with Gasteiger partial charge in [0.15, 0.2) is 0 Å². The van der Waals surface area contributed by atoms with Crippen LogP contribution in [0.15, 0.2) is 11.1 Å². The minimum Gasteiger partial charge on any atom is -0.481 e. The van der Waals surface area contributed by atoms with Crippen LogP contribution in [-0.2, 0) is 4.79 Å². The van der Waals surface area contributed by atoms with Gasteiger partial charge >= 0.3 is 12.0 Å². The zero-order valence-corrected chi connectivity index (χ0v) is 10.4. The lowest BCUT2D eigenvalue weighted by Crippen LogP contribution is -2.45. The van der Waals surface area contributed by atoms with Crippen LogP contribution in [0.5, 0.6) is 0 Å². The summed E-state index contributed by atoms with van der Waals surface area (Å²) in [5.41, 5.74) is 0. The van der Waals surface area contributed by atoms with E-state index in [-0.39, 0.29) is 12.1 Å². The SMILES string of the molecule is C=C(Br)CNC(=O)NC1CCCC1C(=O)O. The molecular formula is C10H15BrN2O3. The number of hydrogen-bond donors (Lipinski definition) is 3. The fraction of sp³-hybridized carbons (Fsp3) is 0.600. The van der Waals surface area contributed by atoms with Crippen LogP contribution in [0.25, 0.3) is 0 Å². The van der Waals surface area contributed by atoms with Gasteiger partial charge in [-0.25, -0.2) is 4.79 Å². The molecule has 1 saturated carbocycles. The standard InChI is InChI=1S/C10H15BrN2O3/c1-6(11)5-12-10(16)13-8-4-2-3-7(8)9(14)15/h7-8H,1-5H2,(H,14,15)(H2,12,13,16). The van der Waals surface area contributed by atoms with Crippen molar-refractivity contribution < 1.29 is 14.7 Å². The Balaban J connectivity index is 2.38. The minimum atomic E-state index is -0.840. The van der Waals surface area contributed by atoms with Crippen molar-refractivity contribution >= 4 is 27.9 Å². The predicted molar refractivity (Wildman–Crippen MR) is 63.4 cm³/mol. The van der Waals surface area contributed by atoms with Crippen LogP contribution < -0.4 is 10.6 Å². The molecule has 6 heteroatoms. The first-order valence-corrected chi connectivity index (χ1v) is 5.90. The second-order valence-electron chi connectivity index (χ2n) is 3.83. The minimum absolute atomic E-state index is 0.263. The molecule has 1 rings (SSSR count). The molecule has 2 atom stereocenters. The molecule has 0 spiro atoms. The highest BCUT2D eigenvalue weighted by Gasteiger charge is 2.33. The van der Waals surface area contributed by atoms with E-state index in [2.05, 4.69) is 33.1 Å². The highest BCUT2D eigenvalue weighted by molar-refractivity contribution is 9.11. The lowest BCUT2D eigenvalue weighted by molar-refractivity contribution is -0.142. The molecule has 1 aliphatic carbocycles. The molecule has 16 heavy (non-hydrogen) atoms. The molecule has 0 radical (unpaired) electrons. The van der Waals surface area contributed by atoms with Gasteiger partial charge in [0.05, 0.1) is 12.5 Å². The van der Waals surface area contributed by atoms with Crippen molar-refractivity contribution in [2.24, 2.45) is 5.92 Å². The Kier molecular flexibility index (Phi) is 4.79. The summed E-state index contributed by atoms with van der Waals surface area (Å²) in [4.78, 5) is 22.3. The molecule has 0 aromatic carbocycles. The fourth-order valence-electron chi connectivity index (χ4n) is 1.82. The van der Waals surface area contributed by atoms with Crippen molar-refractivity contribution in [1.82, 2.24) is 10.6 Å². The summed E-state index contributed by atoms with van der Waals surface area (Å²) in [6.07, 6.45) is 2.19. The number of hydrogen-bond acceptors (Lipinski definition) is 2. The van der Waals surface area contributed by atoms with Crippen LogP contribution in [0.3, 0.4) is 0 Å². The van der Waals surface area contributed by atoms with E-state index in [1.165, 1.54) is 0 Å². The topological polar surface area (TPSA) is 78.4 Å². The van der Waals surface area contributed by atoms with E-state index in [0.29, 0.717) is 17.4 Å². The van der Waals surface area contributed by atoms with E-state index in [1.54, 1.807) is 0 Å². The van der Waals surface area contributed by atoms with E-state index in [1.807, 2.05) is 0 Å². The normalized spacial score (nSPS) is 23.8. The van der Waals surface area contributed by atoms with Crippen LogP contribution in [0.1, 0.15) is 19.3 Å². The van der Waals surface area contributed by atoms with Gasteiger partial charge in [-0.2, -0.15) is 0 Å². The molecule has 0 saturated heterocycles. The Morgan fingerprint density at radius 3 is 2.69 bits per heavy atom. The summed E-state index contributed by atoms with van der Waals surface area (Å²) in [5, 5.41) is 14.2. The number of carboxylic acids is 1. The van der Waals surface area contributed by atoms with Crippen molar-refractivity contribution in [2.75, 3.05) is 6.54 Å². The first kappa shape index (κ1) is 13.0. The predicted octanol–water partition coefficient (Wildman–Crippen LogP) is 1.45. The van der Waals surface area contributed by atoms with Gasteiger partial charge in [0, 0.05) is 10.5 Å². The second-order valence-corrected chi connectivity index (χ2v) is 4.95. The largest absolute Gasteiger partial charge is 0.481 e. The highest BCUT2D eigenvalue weighted by atomic mass is 79.9. The van der Waals surface area contributed by atoms with Gasteiger partial charge in [-0.3, -0.25) is 4.79 Å². The molecule has 2 amide bonds. The summed E-state index contributed by atoms with van der Waals surface area (Å²) in [6, 6.07) is -0.611. The van der Waals surface area contributed by atoms with Gasteiger partial charge in [0.1, 0.15) is 0 Å². The first-order valence-electron chi connectivity index (χ1n) is 5.11. The van der Waals surface area contributed by atoms with Crippen molar-refractivity contribution in [1.29, 1.82) is 0 Å². The fourth-order valence-corrected chi connectivity index (χ4v) is 1.96. The Morgan fingerprint density at radius 2 is 2.12 bits per heavy atom. The van der Waals surface area contributed by atoms with Gasteiger partial charge in [-0.1, -0.05) is 28.9 Å². The third-order valence-electron chi connectivity index (χ3n) is 2.59. The molecule has 1 fully saturated rings. The van der Waals surface area contributed by atoms with Gasteiger partial charge in [0.2, 0.25) is 0 Å². The Morgan fingerprint density at radius 1 is 1.44 bits per heavy atom. The molecule has 0 aromatic heterocycles. The molecule has 0 bridgehead atoms. The van der Waals surface area contributed by atoms with E-state index < -0.39 is 11.9 Å². The van der Waals surface area contributed by atoms with Gasteiger partial charge in [-0.05, 0) is 12.8 Å². The van der Waals surface area contributed by atoms with Gasteiger partial charge in [-0.15, -0.1) is 0 Å². The zero-order valence-electron chi connectivity index (χ0n) is 8.83. The zero-order chi connectivity index (χ0) is 12.1. The summed E-state index contributed by atoms with van der Waals surface area (Å²) in [7, 11) is 0. The number of nitrogens with one attached hydrogen (secondary N) is 2. The van der Waals surface area contributed by atoms with Crippen LogP contribution in [-0.4, -0.2) is 29.7 Å². The summed E-state index contributed by atoms with van der Waals surface area (Å²) in [5.74, 6) is -1.30. The van der Waals surface area contributed by atoms with E-state index >= 15 is 0 Å². The second kappa shape index (κ2) is 5.89. The van der Waals surface area contributed by atoms with Gasteiger partial charge in [0.25, 0.3) is 0 Å². The molecule has 0 aromatic rings. The smallest absolute Gasteiger partial charge is 0.315 e. The number of amides is 2. The summed E-state index contributed by atoms with van der Waals surface area (Å²) >= 11 is 3.12.